The summed E-state index contributed by atoms with van der Waals surface area (Å²) in [4.78, 5) is 0. The van der Waals surface area contributed by atoms with E-state index in [2.05, 4.69) is 23.8 Å². The molecule has 1 heteroatoms. The average Bonchev–Trinajstić information content (AvgIpc) is 1.37. The van der Waals surface area contributed by atoms with Crippen molar-refractivity contribution in [3.05, 3.63) is 0 Å². The van der Waals surface area contributed by atoms with Crippen LogP contribution in [0.3, 0.4) is 0 Å². The van der Waals surface area contributed by atoms with Crippen LogP contribution in [0.4, 0.5) is 0 Å². The second-order valence-electron chi connectivity index (χ2n) is 0.724. The zero-order chi connectivity index (χ0) is 3.41. The van der Waals surface area contributed by atoms with Crippen LogP contribution in [0.1, 0.15) is 13.3 Å². The summed E-state index contributed by atoms with van der Waals surface area (Å²) < 4.78 is 0. The molecule has 0 aromatic heterocycles. The Kier molecular flexibility index (Phi) is 4.06. The Hall–Kier alpha value is 0.558. The first-order chi connectivity index (χ1) is 1.91. The Morgan fingerprint density at radius 2 is 2.00 bits per heavy atom. The monoisotopic (exact) mass is 118 g/mol. The topological polar surface area (TPSA) is 0 Å². The van der Waals surface area contributed by atoms with Gasteiger partial charge in [-0.3, -0.25) is 0 Å². The number of rotatable bonds is 1. The van der Waals surface area contributed by atoms with E-state index in [0.717, 1.165) is 0 Å². The van der Waals surface area contributed by atoms with Crippen LogP contribution in [0.5, 0.6) is 0 Å². The zero-order valence-electron chi connectivity index (χ0n) is 2.86. The van der Waals surface area contributed by atoms with Gasteiger partial charge in [0, 0.05) is 0 Å². The maximum absolute atomic E-state index is 2.54. The van der Waals surface area contributed by atoms with Gasteiger partial charge in [0.2, 0.25) is 0 Å². The molecule has 0 unspecified atom stereocenters. The van der Waals surface area contributed by atoms with E-state index < -0.39 is 0 Å². The van der Waals surface area contributed by atoms with Crippen molar-refractivity contribution in [1.82, 2.24) is 0 Å². The number of hydrogen-bond donors (Lipinski definition) is 0. The Morgan fingerprint density at radius 1 is 1.75 bits per heavy atom. The molecule has 4 heavy (non-hydrogen) atoms. The van der Waals surface area contributed by atoms with Crippen molar-refractivity contribution in [3.63, 3.8) is 0 Å². The first-order valence-corrected chi connectivity index (χ1v) is 2.85. The minimum absolute atomic E-state index is 1.26. The molecule has 0 saturated heterocycles. The van der Waals surface area contributed by atoms with Crippen LogP contribution in [-0.2, 0) is 0 Å². The molecule has 23 valence electrons. The molecule has 0 nitrogen and oxygen atoms in total. The van der Waals surface area contributed by atoms with Gasteiger partial charge in [0.1, 0.15) is 0 Å². The van der Waals surface area contributed by atoms with E-state index in [9.17, 15) is 0 Å². The van der Waals surface area contributed by atoms with Crippen LogP contribution in [0.2, 0.25) is 5.21 Å². The third-order valence-corrected chi connectivity index (χ3v) is 1.16. The van der Waals surface area contributed by atoms with Crippen LogP contribution in [-0.4, -0.2) is 16.9 Å². The molecule has 0 fully saturated rings. The Labute approximate surface area is 36.1 Å². The molecule has 0 heterocycles. The van der Waals surface area contributed by atoms with E-state index in [1.54, 1.807) is 0 Å². The zero-order valence-corrected chi connectivity index (χ0v) is 4.74. The molecule has 0 aromatic carbocycles. The van der Waals surface area contributed by atoms with Gasteiger partial charge in [-0.15, -0.1) is 0 Å². The van der Waals surface area contributed by atoms with E-state index in [1.807, 2.05) is 0 Å². The van der Waals surface area contributed by atoms with Gasteiger partial charge in [-0.05, 0) is 0 Å². The summed E-state index contributed by atoms with van der Waals surface area (Å²) in [6.45, 7) is 2.16. The molecular formula is C3H7As+. The Balaban J connectivity index is 1.97. The summed E-state index contributed by atoms with van der Waals surface area (Å²) in [6.07, 6.45) is 1.29. The SMILES string of the molecule is CCC[As+]. The molecule has 0 atom stereocenters. The van der Waals surface area contributed by atoms with Gasteiger partial charge in [-0.1, -0.05) is 0 Å². The van der Waals surface area contributed by atoms with Crippen LogP contribution in [0.25, 0.3) is 0 Å². The standard InChI is InChI=1S/C3H7As/c1-2-3-4/h2-3H2,1H3/q+1. The van der Waals surface area contributed by atoms with Gasteiger partial charge in [0.05, 0.1) is 0 Å². The predicted octanol–water partition coefficient (Wildman–Crippen LogP) is 0.983. The van der Waals surface area contributed by atoms with E-state index >= 15 is 0 Å². The van der Waals surface area contributed by atoms with E-state index in [-0.39, 0.29) is 0 Å². The summed E-state index contributed by atoms with van der Waals surface area (Å²) in [7, 11) is 0. The molecular weight excluding hydrogens is 111 g/mol. The van der Waals surface area contributed by atoms with Gasteiger partial charge in [-0.25, -0.2) is 0 Å². The van der Waals surface area contributed by atoms with Gasteiger partial charge >= 0.3 is 35.4 Å². The molecule has 0 saturated carbocycles. The molecule has 3 radical (unpaired) electrons. The van der Waals surface area contributed by atoms with Crippen LogP contribution in [0.15, 0.2) is 0 Å². The molecule has 0 aliphatic heterocycles. The third-order valence-electron chi connectivity index (χ3n) is 0.224. The van der Waals surface area contributed by atoms with Gasteiger partial charge in [0.15, 0.2) is 0 Å². The van der Waals surface area contributed by atoms with Crippen molar-refractivity contribution in [2.45, 2.75) is 18.6 Å². The van der Waals surface area contributed by atoms with E-state index in [0.29, 0.717) is 0 Å². The van der Waals surface area contributed by atoms with Crippen LogP contribution < -0.4 is 0 Å². The summed E-state index contributed by atoms with van der Waals surface area (Å²) in [6, 6.07) is 0. The van der Waals surface area contributed by atoms with Crippen molar-refractivity contribution < 1.29 is 0 Å². The molecule has 0 rings (SSSR count). The summed E-state index contributed by atoms with van der Waals surface area (Å²) in [5.74, 6) is 0. The molecule has 0 aromatic rings. The summed E-state index contributed by atoms with van der Waals surface area (Å²) in [5.41, 5.74) is 0. The Bertz CT molecular complexity index is 5.25. The fraction of sp³-hybridized carbons (Fsp3) is 1.00. The fourth-order valence-corrected chi connectivity index (χ4v) is 0. The van der Waals surface area contributed by atoms with Crippen molar-refractivity contribution in [2.24, 2.45) is 0 Å². The minimum atomic E-state index is 1.26. The van der Waals surface area contributed by atoms with Crippen molar-refractivity contribution >= 4 is 16.9 Å². The predicted molar refractivity (Wildman–Crippen MR) is 20.9 cm³/mol. The van der Waals surface area contributed by atoms with E-state index in [1.165, 1.54) is 11.6 Å². The molecule has 0 spiro atoms. The first kappa shape index (κ1) is 4.56. The fourth-order valence-electron chi connectivity index (χ4n) is 0. The van der Waals surface area contributed by atoms with Gasteiger partial charge in [-0.2, -0.15) is 0 Å². The summed E-state index contributed by atoms with van der Waals surface area (Å²) in [5, 5.41) is 1.26. The molecule has 0 bridgehead atoms. The molecule has 0 N–H and O–H groups in total. The summed E-state index contributed by atoms with van der Waals surface area (Å²) >= 11 is 2.54. The average molecular weight is 118 g/mol. The quantitative estimate of drug-likeness (QED) is 0.450. The third kappa shape index (κ3) is 2.56. The van der Waals surface area contributed by atoms with Crippen molar-refractivity contribution in [2.75, 3.05) is 0 Å². The van der Waals surface area contributed by atoms with Gasteiger partial charge in [0.25, 0.3) is 0 Å². The first-order valence-electron chi connectivity index (χ1n) is 1.52. The van der Waals surface area contributed by atoms with Crippen molar-refractivity contribution in [3.8, 4) is 0 Å². The normalized spacial score (nSPS) is 7.50. The van der Waals surface area contributed by atoms with Gasteiger partial charge < -0.3 is 0 Å². The van der Waals surface area contributed by atoms with Crippen LogP contribution in [0, 0.1) is 0 Å². The van der Waals surface area contributed by atoms with E-state index in [4.69, 9.17) is 0 Å². The Morgan fingerprint density at radius 3 is 2.00 bits per heavy atom. The number of hydrogen-bond acceptors (Lipinski definition) is 0. The maximum atomic E-state index is 2.54. The van der Waals surface area contributed by atoms with Crippen molar-refractivity contribution in [1.29, 1.82) is 0 Å². The second kappa shape index (κ2) is 3.56. The molecule has 0 amide bonds. The molecule has 0 aliphatic carbocycles. The van der Waals surface area contributed by atoms with Crippen LogP contribution >= 0.6 is 0 Å². The second-order valence-corrected chi connectivity index (χ2v) is 1.66. The molecule has 0 aliphatic rings.